The van der Waals surface area contributed by atoms with Crippen molar-refractivity contribution in [2.24, 2.45) is 13.0 Å². The lowest BCUT2D eigenvalue weighted by Crippen LogP contribution is -2.35. The first-order valence-electron chi connectivity index (χ1n) is 7.29. The van der Waals surface area contributed by atoms with E-state index >= 15 is 0 Å². The Bertz CT molecular complexity index is 525. The normalized spacial score (nSPS) is 18.7. The first-order chi connectivity index (χ1) is 9.99. The minimum atomic E-state index is -0.0670. The fourth-order valence-electron chi connectivity index (χ4n) is 2.62. The fraction of sp³-hybridized carbons (Fsp3) is 0.643. The van der Waals surface area contributed by atoms with Gasteiger partial charge in [0.05, 0.1) is 23.8 Å². The monoisotopic (exact) mass is 293 g/mol. The number of anilines is 1. The molecule has 0 aromatic carbocycles. The lowest BCUT2D eigenvalue weighted by molar-refractivity contribution is -0.125. The lowest BCUT2D eigenvalue weighted by atomic mass is 10.1. The number of hydrogen-bond acceptors (Lipinski definition) is 4. The van der Waals surface area contributed by atoms with E-state index in [1.807, 2.05) is 25.8 Å². The van der Waals surface area contributed by atoms with Crippen molar-refractivity contribution in [2.75, 3.05) is 31.5 Å². The van der Waals surface area contributed by atoms with Crippen LogP contribution in [0.15, 0.2) is 6.20 Å². The van der Waals surface area contributed by atoms with Gasteiger partial charge in [-0.05, 0) is 26.8 Å². The number of nitrogens with one attached hydrogen (secondary N) is 2. The zero-order chi connectivity index (χ0) is 15.4. The predicted molar refractivity (Wildman–Crippen MR) is 79.8 cm³/mol. The number of carbonyl (C=O) groups is 2. The number of nitrogens with zero attached hydrogens (tertiary/aromatic N) is 3. The van der Waals surface area contributed by atoms with E-state index in [0.29, 0.717) is 19.6 Å². The van der Waals surface area contributed by atoms with E-state index in [9.17, 15) is 9.59 Å². The molecule has 0 radical (unpaired) electrons. The van der Waals surface area contributed by atoms with Gasteiger partial charge in [-0.2, -0.15) is 5.10 Å². The van der Waals surface area contributed by atoms with Crippen LogP contribution in [0.2, 0.25) is 0 Å². The quantitative estimate of drug-likeness (QED) is 0.808. The van der Waals surface area contributed by atoms with E-state index in [-0.39, 0.29) is 17.7 Å². The largest absolute Gasteiger partial charge is 0.356 e. The Balaban J connectivity index is 1.81. The molecule has 2 heterocycles. The maximum Gasteiger partial charge on any atom is 0.238 e. The molecule has 0 aliphatic carbocycles. The Morgan fingerprint density at radius 2 is 2.24 bits per heavy atom. The molecule has 116 valence electrons. The molecule has 0 spiro atoms. The third-order valence-electron chi connectivity index (χ3n) is 3.65. The Kier molecular flexibility index (Phi) is 4.95. The van der Waals surface area contributed by atoms with Crippen molar-refractivity contribution in [2.45, 2.75) is 20.3 Å². The maximum absolute atomic E-state index is 12.0. The molecule has 2 amide bonds. The van der Waals surface area contributed by atoms with Crippen molar-refractivity contribution in [1.82, 2.24) is 20.0 Å². The second-order valence-corrected chi connectivity index (χ2v) is 5.47. The molecule has 1 atom stereocenters. The summed E-state index contributed by atoms with van der Waals surface area (Å²) < 4.78 is 1.67. The SMILES string of the molecule is CCNC(=O)C1CCN(CC(=O)Nc2cn(C)nc2C)C1. The summed E-state index contributed by atoms with van der Waals surface area (Å²) in [7, 11) is 1.82. The number of amides is 2. The number of carbonyl (C=O) groups excluding carboxylic acids is 2. The van der Waals surface area contributed by atoms with Gasteiger partial charge in [-0.1, -0.05) is 0 Å². The summed E-state index contributed by atoms with van der Waals surface area (Å²) in [6, 6.07) is 0. The molecule has 0 bridgehead atoms. The molecular formula is C14H23N5O2. The lowest BCUT2D eigenvalue weighted by Gasteiger charge is -2.15. The van der Waals surface area contributed by atoms with E-state index < -0.39 is 0 Å². The summed E-state index contributed by atoms with van der Waals surface area (Å²) in [6.45, 7) is 6.15. The van der Waals surface area contributed by atoms with Gasteiger partial charge >= 0.3 is 0 Å². The number of aromatic nitrogens is 2. The van der Waals surface area contributed by atoms with Crippen molar-refractivity contribution in [1.29, 1.82) is 0 Å². The minimum absolute atomic E-state index is 0.00196. The van der Waals surface area contributed by atoms with Crippen LogP contribution in [0.1, 0.15) is 19.0 Å². The number of rotatable bonds is 5. The van der Waals surface area contributed by atoms with Crippen LogP contribution in [0.3, 0.4) is 0 Å². The highest BCUT2D eigenvalue weighted by atomic mass is 16.2. The van der Waals surface area contributed by atoms with Gasteiger partial charge in [0.25, 0.3) is 0 Å². The van der Waals surface area contributed by atoms with Crippen LogP contribution in [0.4, 0.5) is 5.69 Å². The van der Waals surface area contributed by atoms with Crippen LogP contribution in [0, 0.1) is 12.8 Å². The predicted octanol–water partition coefficient (Wildman–Crippen LogP) is 0.125. The molecular weight excluding hydrogens is 270 g/mol. The van der Waals surface area contributed by atoms with Crippen LogP contribution in [-0.2, 0) is 16.6 Å². The Hall–Kier alpha value is -1.89. The van der Waals surface area contributed by atoms with Gasteiger partial charge in [-0.25, -0.2) is 0 Å². The Labute approximate surface area is 124 Å². The molecule has 2 N–H and O–H groups in total. The molecule has 1 saturated heterocycles. The highest BCUT2D eigenvalue weighted by Gasteiger charge is 2.28. The van der Waals surface area contributed by atoms with Crippen LogP contribution in [0.5, 0.6) is 0 Å². The smallest absolute Gasteiger partial charge is 0.238 e. The van der Waals surface area contributed by atoms with Crippen molar-refractivity contribution in [3.8, 4) is 0 Å². The van der Waals surface area contributed by atoms with Crippen LogP contribution in [-0.4, -0.2) is 52.7 Å². The average molecular weight is 293 g/mol. The summed E-state index contributed by atoms with van der Waals surface area (Å²) >= 11 is 0. The minimum Gasteiger partial charge on any atom is -0.356 e. The van der Waals surface area contributed by atoms with Gasteiger partial charge in [0.2, 0.25) is 11.8 Å². The van der Waals surface area contributed by atoms with E-state index in [1.165, 1.54) is 0 Å². The summed E-state index contributed by atoms with van der Waals surface area (Å²) in [6.07, 6.45) is 2.60. The van der Waals surface area contributed by atoms with E-state index in [0.717, 1.165) is 24.3 Å². The van der Waals surface area contributed by atoms with Crippen LogP contribution in [0.25, 0.3) is 0 Å². The molecule has 1 aromatic heterocycles. The molecule has 1 fully saturated rings. The van der Waals surface area contributed by atoms with Crippen molar-refractivity contribution in [3.63, 3.8) is 0 Å². The van der Waals surface area contributed by atoms with Crippen LogP contribution < -0.4 is 10.6 Å². The summed E-state index contributed by atoms with van der Waals surface area (Å²) in [5.74, 6) is 0.0176. The molecule has 0 saturated carbocycles. The maximum atomic E-state index is 12.0. The van der Waals surface area contributed by atoms with Crippen LogP contribution >= 0.6 is 0 Å². The van der Waals surface area contributed by atoms with E-state index in [1.54, 1.807) is 10.9 Å². The molecule has 1 aliphatic rings. The molecule has 2 rings (SSSR count). The van der Waals surface area contributed by atoms with Crippen molar-refractivity contribution in [3.05, 3.63) is 11.9 Å². The van der Waals surface area contributed by atoms with Gasteiger partial charge in [0, 0.05) is 26.3 Å². The molecule has 7 heteroatoms. The first kappa shape index (κ1) is 15.5. The van der Waals surface area contributed by atoms with Gasteiger partial charge < -0.3 is 10.6 Å². The Morgan fingerprint density at radius 3 is 2.86 bits per heavy atom. The molecule has 1 unspecified atom stereocenters. The standard InChI is InChI=1S/C14H23N5O2/c1-4-15-14(21)11-5-6-19(7-11)9-13(20)16-12-8-18(3)17-10(12)2/h8,11H,4-7,9H2,1-3H3,(H,15,21)(H,16,20). The third kappa shape index (κ3) is 4.04. The fourth-order valence-corrected chi connectivity index (χ4v) is 2.62. The van der Waals surface area contributed by atoms with Gasteiger partial charge in [-0.15, -0.1) is 0 Å². The number of hydrogen-bond donors (Lipinski definition) is 2. The summed E-state index contributed by atoms with van der Waals surface area (Å²) in [5, 5.41) is 9.88. The topological polar surface area (TPSA) is 79.3 Å². The van der Waals surface area contributed by atoms with Gasteiger partial charge in [0.15, 0.2) is 0 Å². The van der Waals surface area contributed by atoms with Gasteiger partial charge in [-0.3, -0.25) is 19.2 Å². The zero-order valence-corrected chi connectivity index (χ0v) is 12.8. The van der Waals surface area contributed by atoms with E-state index in [4.69, 9.17) is 0 Å². The molecule has 21 heavy (non-hydrogen) atoms. The highest BCUT2D eigenvalue weighted by Crippen LogP contribution is 2.17. The number of likely N-dealkylation sites (tertiary alicyclic amines) is 1. The van der Waals surface area contributed by atoms with Crippen molar-refractivity contribution >= 4 is 17.5 Å². The second-order valence-electron chi connectivity index (χ2n) is 5.47. The van der Waals surface area contributed by atoms with Gasteiger partial charge in [0.1, 0.15) is 0 Å². The van der Waals surface area contributed by atoms with Crippen molar-refractivity contribution < 1.29 is 9.59 Å². The third-order valence-corrected chi connectivity index (χ3v) is 3.65. The molecule has 1 aromatic rings. The highest BCUT2D eigenvalue weighted by molar-refractivity contribution is 5.92. The number of aryl methyl sites for hydroxylation is 2. The zero-order valence-electron chi connectivity index (χ0n) is 12.8. The second kappa shape index (κ2) is 6.71. The first-order valence-corrected chi connectivity index (χ1v) is 7.29. The molecule has 7 nitrogen and oxygen atoms in total. The summed E-state index contributed by atoms with van der Waals surface area (Å²) in [4.78, 5) is 25.8. The van der Waals surface area contributed by atoms with E-state index in [2.05, 4.69) is 15.7 Å². The average Bonchev–Trinajstić information content (AvgIpc) is 2.97. The molecule has 1 aliphatic heterocycles. The summed E-state index contributed by atoms with van der Waals surface area (Å²) in [5.41, 5.74) is 1.54. The Morgan fingerprint density at radius 1 is 1.48 bits per heavy atom.